The van der Waals surface area contributed by atoms with E-state index in [-0.39, 0.29) is 5.92 Å². The van der Waals surface area contributed by atoms with Gasteiger partial charge < -0.3 is 10.0 Å². The first-order chi connectivity index (χ1) is 9.46. The summed E-state index contributed by atoms with van der Waals surface area (Å²) >= 11 is 0. The molecule has 0 aliphatic carbocycles. The Morgan fingerprint density at radius 1 is 1.24 bits per heavy atom. The van der Waals surface area contributed by atoms with Crippen molar-refractivity contribution in [2.24, 2.45) is 17.8 Å². The Bertz CT molecular complexity index is 402. The van der Waals surface area contributed by atoms with Crippen LogP contribution in [0, 0.1) is 17.8 Å². The van der Waals surface area contributed by atoms with E-state index in [1.165, 1.54) is 0 Å². The molecule has 1 amide bonds. The van der Waals surface area contributed by atoms with Crippen LogP contribution in [0.2, 0.25) is 0 Å². The van der Waals surface area contributed by atoms with E-state index in [9.17, 15) is 22.8 Å². The predicted molar refractivity (Wildman–Crippen MR) is 69.6 cm³/mol. The van der Waals surface area contributed by atoms with Gasteiger partial charge in [-0.05, 0) is 20.0 Å². The van der Waals surface area contributed by atoms with Crippen LogP contribution in [0.25, 0.3) is 0 Å². The summed E-state index contributed by atoms with van der Waals surface area (Å²) in [4.78, 5) is 26.1. The Morgan fingerprint density at radius 3 is 2.05 bits per heavy atom. The van der Waals surface area contributed by atoms with E-state index >= 15 is 0 Å². The van der Waals surface area contributed by atoms with Crippen LogP contribution < -0.4 is 0 Å². The van der Waals surface area contributed by atoms with Crippen molar-refractivity contribution in [1.82, 2.24) is 9.80 Å². The van der Waals surface area contributed by atoms with Gasteiger partial charge in [-0.25, -0.2) is 0 Å². The zero-order chi connectivity index (χ0) is 16.5. The molecule has 21 heavy (non-hydrogen) atoms. The summed E-state index contributed by atoms with van der Waals surface area (Å²) in [7, 11) is 3.35. The Kier molecular flexibility index (Phi) is 5.25. The van der Waals surface area contributed by atoms with Crippen molar-refractivity contribution in [2.45, 2.75) is 26.1 Å². The Hall–Kier alpha value is -1.31. The molecule has 1 heterocycles. The lowest BCUT2D eigenvalue weighted by Crippen LogP contribution is -2.48. The summed E-state index contributed by atoms with van der Waals surface area (Å²) in [6.45, 7) is 2.62. The molecule has 1 fully saturated rings. The van der Waals surface area contributed by atoms with Crippen LogP contribution in [0.3, 0.4) is 0 Å². The summed E-state index contributed by atoms with van der Waals surface area (Å²) in [5.41, 5.74) is 0. The van der Waals surface area contributed by atoms with Gasteiger partial charge >= 0.3 is 12.1 Å². The van der Waals surface area contributed by atoms with Crippen molar-refractivity contribution in [1.29, 1.82) is 0 Å². The van der Waals surface area contributed by atoms with Crippen LogP contribution in [0.4, 0.5) is 13.2 Å². The molecule has 0 aromatic heterocycles. The third-order valence-corrected chi connectivity index (χ3v) is 3.81. The fourth-order valence-corrected chi connectivity index (χ4v) is 2.86. The number of amides is 1. The molecule has 0 saturated carbocycles. The summed E-state index contributed by atoms with van der Waals surface area (Å²) in [6, 6.07) is -0.563. The average Bonchev–Trinajstić information content (AvgIpc) is 2.71. The summed E-state index contributed by atoms with van der Waals surface area (Å²) in [5, 5.41) is 8.96. The van der Waals surface area contributed by atoms with Crippen LogP contribution in [-0.4, -0.2) is 66.2 Å². The van der Waals surface area contributed by atoms with Gasteiger partial charge in [0.05, 0.1) is 17.9 Å². The zero-order valence-corrected chi connectivity index (χ0v) is 12.5. The molecule has 0 bridgehead atoms. The van der Waals surface area contributed by atoms with Crippen LogP contribution >= 0.6 is 0 Å². The molecule has 122 valence electrons. The second-order valence-electron chi connectivity index (χ2n) is 5.99. The Labute approximate surface area is 121 Å². The molecule has 1 aliphatic rings. The van der Waals surface area contributed by atoms with E-state index in [0.717, 1.165) is 4.90 Å². The molecule has 3 atom stereocenters. The second kappa shape index (κ2) is 6.21. The number of likely N-dealkylation sites (tertiary alicyclic amines) is 1. The molecule has 0 unspecified atom stereocenters. The number of halogens is 3. The molecular formula is C13H21F3N2O3. The number of nitrogens with zero attached hydrogens (tertiary/aromatic N) is 2. The number of carbonyl (C=O) groups excluding carboxylic acids is 1. The number of carboxylic acid groups (broad SMARTS) is 1. The van der Waals surface area contributed by atoms with Crippen LogP contribution in [-0.2, 0) is 9.59 Å². The largest absolute Gasteiger partial charge is 0.481 e. The lowest BCUT2D eigenvalue weighted by molar-refractivity contribution is -0.188. The molecule has 1 rings (SSSR count). The normalized spacial score (nSPS) is 24.7. The quantitative estimate of drug-likeness (QED) is 0.850. The molecule has 5 nitrogen and oxygen atoms in total. The smallest absolute Gasteiger partial charge is 0.394 e. The van der Waals surface area contributed by atoms with Gasteiger partial charge in [0.1, 0.15) is 0 Å². The molecule has 1 saturated heterocycles. The maximum Gasteiger partial charge on any atom is 0.394 e. The number of rotatable bonds is 4. The summed E-state index contributed by atoms with van der Waals surface area (Å²) in [6.07, 6.45) is -4.62. The van der Waals surface area contributed by atoms with Gasteiger partial charge in [-0.15, -0.1) is 0 Å². The molecule has 0 radical (unpaired) electrons. The van der Waals surface area contributed by atoms with Gasteiger partial charge in [0, 0.05) is 13.1 Å². The van der Waals surface area contributed by atoms with Gasteiger partial charge in [0.15, 0.2) is 0 Å². The van der Waals surface area contributed by atoms with E-state index in [0.29, 0.717) is 0 Å². The van der Waals surface area contributed by atoms with Crippen molar-refractivity contribution in [2.75, 3.05) is 27.2 Å². The Morgan fingerprint density at radius 2 is 1.76 bits per heavy atom. The number of carbonyl (C=O) groups is 2. The lowest BCUT2D eigenvalue weighted by Gasteiger charge is -2.31. The standard InChI is InChI=1S/C13H21F3N2O3/c1-7(2)10(17(3)4)11(19)18-5-8(12(20)21)9(6-18)13(14,15)16/h7-10H,5-6H2,1-4H3,(H,20,21)/t8-,9-,10+/m1/s1. The van der Waals surface area contributed by atoms with E-state index in [1.807, 2.05) is 0 Å². The molecule has 0 aromatic carbocycles. The van der Waals surface area contributed by atoms with Gasteiger partial charge in [0.2, 0.25) is 5.91 Å². The minimum absolute atomic E-state index is 0.0827. The fourth-order valence-electron chi connectivity index (χ4n) is 2.86. The maximum absolute atomic E-state index is 12.9. The SMILES string of the molecule is CC(C)[C@@H](C(=O)N1C[C@@H](C(F)(F)F)[C@H](C(=O)O)C1)N(C)C. The van der Waals surface area contributed by atoms with Gasteiger partial charge in [0.25, 0.3) is 0 Å². The van der Waals surface area contributed by atoms with Gasteiger partial charge in [-0.3, -0.25) is 14.5 Å². The minimum Gasteiger partial charge on any atom is -0.481 e. The van der Waals surface area contributed by atoms with Crippen molar-refractivity contribution < 1.29 is 27.9 Å². The first kappa shape index (κ1) is 17.7. The molecule has 8 heteroatoms. The van der Waals surface area contributed by atoms with Crippen LogP contribution in [0.15, 0.2) is 0 Å². The molecular weight excluding hydrogens is 289 g/mol. The van der Waals surface area contributed by atoms with Crippen molar-refractivity contribution >= 4 is 11.9 Å². The predicted octanol–water partition coefficient (Wildman–Crippen LogP) is 1.29. The van der Waals surface area contributed by atoms with E-state index in [4.69, 9.17) is 5.11 Å². The van der Waals surface area contributed by atoms with Crippen molar-refractivity contribution in [3.05, 3.63) is 0 Å². The molecule has 0 aromatic rings. The van der Waals surface area contributed by atoms with Crippen LogP contribution in [0.1, 0.15) is 13.8 Å². The minimum atomic E-state index is -4.62. The van der Waals surface area contributed by atoms with Crippen molar-refractivity contribution in [3.8, 4) is 0 Å². The van der Waals surface area contributed by atoms with Crippen LogP contribution in [0.5, 0.6) is 0 Å². The zero-order valence-electron chi connectivity index (χ0n) is 12.5. The summed E-state index contributed by atoms with van der Waals surface area (Å²) in [5.74, 6) is -5.65. The topological polar surface area (TPSA) is 60.9 Å². The number of hydrogen-bond donors (Lipinski definition) is 1. The first-order valence-electron chi connectivity index (χ1n) is 6.71. The fraction of sp³-hybridized carbons (Fsp3) is 0.846. The second-order valence-corrected chi connectivity index (χ2v) is 5.99. The highest BCUT2D eigenvalue weighted by Gasteiger charge is 2.54. The number of alkyl halides is 3. The van der Waals surface area contributed by atoms with Crippen molar-refractivity contribution in [3.63, 3.8) is 0 Å². The van der Waals surface area contributed by atoms with E-state index in [1.54, 1.807) is 32.8 Å². The number of hydrogen-bond acceptors (Lipinski definition) is 3. The molecule has 1 N–H and O–H groups in total. The summed E-state index contributed by atoms with van der Waals surface area (Å²) < 4.78 is 38.7. The monoisotopic (exact) mass is 310 g/mol. The van der Waals surface area contributed by atoms with E-state index < -0.39 is 49.0 Å². The Balaban J connectivity index is 2.96. The number of carboxylic acids is 1. The first-order valence-corrected chi connectivity index (χ1v) is 6.71. The van der Waals surface area contributed by atoms with Gasteiger partial charge in [-0.2, -0.15) is 13.2 Å². The molecule has 1 aliphatic heterocycles. The maximum atomic E-state index is 12.9. The molecule has 0 spiro atoms. The highest BCUT2D eigenvalue weighted by atomic mass is 19.4. The third-order valence-electron chi connectivity index (χ3n) is 3.81. The highest BCUT2D eigenvalue weighted by Crippen LogP contribution is 2.38. The number of aliphatic carboxylic acids is 1. The number of likely N-dealkylation sites (N-methyl/N-ethyl adjacent to an activating group) is 1. The lowest BCUT2D eigenvalue weighted by atomic mass is 9.96. The third kappa shape index (κ3) is 3.87. The highest BCUT2D eigenvalue weighted by molar-refractivity contribution is 5.83. The average molecular weight is 310 g/mol. The van der Waals surface area contributed by atoms with E-state index in [2.05, 4.69) is 0 Å². The van der Waals surface area contributed by atoms with Gasteiger partial charge in [-0.1, -0.05) is 13.8 Å².